The van der Waals surface area contributed by atoms with Gasteiger partial charge in [0, 0.05) is 12.8 Å². The van der Waals surface area contributed by atoms with E-state index in [1.54, 1.807) is 6.08 Å². The molecule has 0 aliphatic rings. The number of hydrogen-bond donors (Lipinski definition) is 3. The van der Waals surface area contributed by atoms with Gasteiger partial charge in [-0.2, -0.15) is 0 Å². The molecule has 2 unspecified atom stereocenters. The van der Waals surface area contributed by atoms with E-state index in [-0.39, 0.29) is 18.5 Å². The number of esters is 1. The van der Waals surface area contributed by atoms with Gasteiger partial charge in [-0.25, -0.2) is 0 Å². The summed E-state index contributed by atoms with van der Waals surface area (Å²) in [6, 6.07) is -0.623. The highest BCUT2D eigenvalue weighted by Crippen LogP contribution is 2.20. The molecule has 0 fully saturated rings. The highest BCUT2D eigenvalue weighted by molar-refractivity contribution is 5.76. The first-order valence-electron chi connectivity index (χ1n) is 39.3. The Balaban J connectivity index is 3.30. The molecule has 0 aromatic rings. The maximum atomic E-state index is 12.5. The van der Waals surface area contributed by atoms with Gasteiger partial charge in [-0.3, -0.25) is 9.59 Å². The van der Waals surface area contributed by atoms with Crippen LogP contribution in [-0.2, 0) is 14.3 Å². The lowest BCUT2D eigenvalue weighted by Gasteiger charge is -2.20. The third-order valence-electron chi connectivity index (χ3n) is 18.4. The summed E-state index contributed by atoms with van der Waals surface area (Å²) >= 11 is 0. The zero-order valence-corrected chi connectivity index (χ0v) is 58.3. The van der Waals surface area contributed by atoms with Gasteiger partial charge in [0.05, 0.1) is 25.4 Å². The van der Waals surface area contributed by atoms with Crippen molar-refractivity contribution in [3.05, 3.63) is 36.5 Å². The Bertz CT molecular complexity index is 1390. The Morgan fingerprint density at radius 2 is 0.581 bits per heavy atom. The van der Waals surface area contributed by atoms with Crippen molar-refractivity contribution < 1.29 is 24.5 Å². The summed E-state index contributed by atoms with van der Waals surface area (Å²) in [6.45, 7) is 4.91. The zero-order valence-electron chi connectivity index (χ0n) is 58.3. The van der Waals surface area contributed by atoms with Crippen LogP contribution < -0.4 is 5.32 Å². The number of rotatable bonds is 74. The molecule has 508 valence electrons. The summed E-state index contributed by atoms with van der Waals surface area (Å²) in [5.74, 6) is -0.0488. The highest BCUT2D eigenvalue weighted by Gasteiger charge is 2.18. The molecule has 1 amide bonds. The number of unbranched alkanes of at least 4 members (excludes halogenated alkanes) is 59. The predicted octanol–water partition coefficient (Wildman–Crippen LogP) is 25.8. The molecule has 0 aliphatic heterocycles. The zero-order chi connectivity index (χ0) is 62.0. The first-order chi connectivity index (χ1) is 42.5. The molecule has 0 radical (unpaired) electrons. The minimum Gasteiger partial charge on any atom is -0.466 e. The van der Waals surface area contributed by atoms with Gasteiger partial charge in [-0.1, -0.05) is 397 Å². The van der Waals surface area contributed by atoms with Crippen LogP contribution in [0.15, 0.2) is 36.5 Å². The summed E-state index contributed by atoms with van der Waals surface area (Å²) in [4.78, 5) is 24.6. The SMILES string of the molecule is CCCCC/C=C\C/C=C\CCCCCCCC(=O)OCCCCCCCCCCCCCCCCCCCCCCCCCCCCCCCCCCCCCCCCCC(=O)NC(CO)C(O)/C=C/CCCCCCCCCCCCCCC. The van der Waals surface area contributed by atoms with E-state index in [0.29, 0.717) is 19.4 Å². The average molecular weight is 1210 g/mol. The maximum Gasteiger partial charge on any atom is 0.305 e. The van der Waals surface area contributed by atoms with E-state index in [2.05, 4.69) is 43.5 Å². The van der Waals surface area contributed by atoms with Crippen molar-refractivity contribution in [2.45, 2.75) is 450 Å². The topological polar surface area (TPSA) is 95.9 Å². The maximum absolute atomic E-state index is 12.5. The molecule has 0 aromatic carbocycles. The lowest BCUT2D eigenvalue weighted by molar-refractivity contribution is -0.143. The van der Waals surface area contributed by atoms with Gasteiger partial charge in [-0.15, -0.1) is 0 Å². The summed E-state index contributed by atoms with van der Waals surface area (Å²) in [5, 5.41) is 23.2. The fraction of sp³-hybridized carbons (Fsp3) is 0.900. The summed E-state index contributed by atoms with van der Waals surface area (Å²) in [6.07, 6.45) is 98.5. The van der Waals surface area contributed by atoms with Gasteiger partial charge < -0.3 is 20.3 Å². The van der Waals surface area contributed by atoms with Crippen molar-refractivity contribution >= 4 is 11.9 Å². The number of nitrogens with one attached hydrogen (secondary N) is 1. The standard InChI is InChI=1S/C80H153NO5/c1-3-5-7-9-11-13-15-17-44-48-52-56-60-64-68-72-78(83)77(76-82)81-79(84)73-69-65-61-57-53-49-46-42-40-38-36-34-32-30-28-26-24-22-20-19-21-23-25-27-29-31-33-35-37-39-41-43-47-51-55-59-63-67-71-75-86-80(85)74-70-66-62-58-54-50-45-18-16-14-12-10-8-6-4-2/h12,14,18,45,68,72,77-78,82-83H,3-11,13,15-17,19-44,46-67,69-71,73-76H2,1-2H3,(H,81,84)/b14-12-,45-18-,72-68+. The van der Waals surface area contributed by atoms with Gasteiger partial charge in [0.15, 0.2) is 0 Å². The lowest BCUT2D eigenvalue weighted by Crippen LogP contribution is -2.45. The molecule has 0 heterocycles. The molecule has 0 aliphatic carbocycles. The Morgan fingerprint density at radius 3 is 0.907 bits per heavy atom. The van der Waals surface area contributed by atoms with Crippen molar-refractivity contribution in [2.75, 3.05) is 13.2 Å². The van der Waals surface area contributed by atoms with Gasteiger partial charge in [0.2, 0.25) is 5.91 Å². The number of hydrogen-bond acceptors (Lipinski definition) is 5. The second kappa shape index (κ2) is 75.5. The lowest BCUT2D eigenvalue weighted by atomic mass is 10.0. The number of carbonyl (C=O) groups is 2. The Morgan fingerprint density at radius 1 is 0.326 bits per heavy atom. The van der Waals surface area contributed by atoms with Crippen LogP contribution in [0, 0.1) is 0 Å². The molecule has 86 heavy (non-hydrogen) atoms. The van der Waals surface area contributed by atoms with E-state index in [1.807, 2.05) is 6.08 Å². The highest BCUT2D eigenvalue weighted by atomic mass is 16.5. The normalized spacial score (nSPS) is 12.7. The largest absolute Gasteiger partial charge is 0.466 e. The number of carbonyl (C=O) groups excluding carboxylic acids is 2. The van der Waals surface area contributed by atoms with Crippen LogP contribution in [0.2, 0.25) is 0 Å². The van der Waals surface area contributed by atoms with Crippen LogP contribution >= 0.6 is 0 Å². The molecule has 2 atom stereocenters. The molecule has 6 nitrogen and oxygen atoms in total. The molecule has 0 bridgehead atoms. The van der Waals surface area contributed by atoms with Crippen LogP contribution in [0.25, 0.3) is 0 Å². The van der Waals surface area contributed by atoms with E-state index in [4.69, 9.17) is 4.74 Å². The summed E-state index contributed by atoms with van der Waals surface area (Å²) in [7, 11) is 0. The van der Waals surface area contributed by atoms with Crippen LogP contribution in [0.4, 0.5) is 0 Å². The Kier molecular flexibility index (Phi) is 73.9. The van der Waals surface area contributed by atoms with E-state index in [1.165, 1.54) is 360 Å². The fourth-order valence-corrected chi connectivity index (χ4v) is 12.4. The molecule has 3 N–H and O–H groups in total. The molecule has 0 saturated carbocycles. The molecule has 0 saturated heterocycles. The second-order valence-corrected chi connectivity index (χ2v) is 27.0. The number of amides is 1. The van der Waals surface area contributed by atoms with Gasteiger partial charge in [-0.05, 0) is 64.2 Å². The van der Waals surface area contributed by atoms with Gasteiger partial charge in [0.1, 0.15) is 0 Å². The Labute approximate surface area is 538 Å². The molecular weight excluding hydrogens is 1050 g/mol. The van der Waals surface area contributed by atoms with Crippen LogP contribution in [0.3, 0.4) is 0 Å². The quantitative estimate of drug-likeness (QED) is 0.0320. The van der Waals surface area contributed by atoms with Crippen LogP contribution in [0.1, 0.15) is 438 Å². The third kappa shape index (κ3) is 71.2. The van der Waals surface area contributed by atoms with Gasteiger partial charge >= 0.3 is 5.97 Å². The third-order valence-corrected chi connectivity index (χ3v) is 18.4. The first kappa shape index (κ1) is 84.1. The minimum atomic E-state index is -0.840. The molecule has 0 rings (SSSR count). The first-order valence-corrected chi connectivity index (χ1v) is 39.3. The minimum absolute atomic E-state index is 0.0103. The molecule has 0 spiro atoms. The van der Waals surface area contributed by atoms with Crippen molar-refractivity contribution in [2.24, 2.45) is 0 Å². The number of allylic oxidation sites excluding steroid dienone is 5. The number of ether oxygens (including phenoxy) is 1. The predicted molar refractivity (Wildman–Crippen MR) is 379 cm³/mol. The molecule has 0 aromatic heterocycles. The number of aliphatic hydroxyl groups is 2. The van der Waals surface area contributed by atoms with E-state index < -0.39 is 12.1 Å². The second-order valence-electron chi connectivity index (χ2n) is 27.0. The van der Waals surface area contributed by atoms with E-state index in [9.17, 15) is 19.8 Å². The van der Waals surface area contributed by atoms with Crippen molar-refractivity contribution in [1.29, 1.82) is 0 Å². The van der Waals surface area contributed by atoms with Gasteiger partial charge in [0.25, 0.3) is 0 Å². The van der Waals surface area contributed by atoms with Crippen molar-refractivity contribution in [3.63, 3.8) is 0 Å². The van der Waals surface area contributed by atoms with E-state index in [0.717, 1.165) is 51.4 Å². The fourth-order valence-electron chi connectivity index (χ4n) is 12.4. The van der Waals surface area contributed by atoms with Crippen molar-refractivity contribution in [3.8, 4) is 0 Å². The van der Waals surface area contributed by atoms with Crippen LogP contribution in [-0.4, -0.2) is 47.4 Å². The summed E-state index contributed by atoms with van der Waals surface area (Å²) in [5.41, 5.74) is 0. The molecular formula is C80H153NO5. The van der Waals surface area contributed by atoms with Crippen LogP contribution in [0.5, 0.6) is 0 Å². The Hall–Kier alpha value is -1.92. The molecule has 6 heteroatoms. The van der Waals surface area contributed by atoms with E-state index >= 15 is 0 Å². The average Bonchev–Trinajstić information content (AvgIpc) is 3.54. The van der Waals surface area contributed by atoms with Crippen molar-refractivity contribution in [1.82, 2.24) is 5.32 Å². The summed E-state index contributed by atoms with van der Waals surface area (Å²) < 4.78 is 5.49. The monoisotopic (exact) mass is 1210 g/mol. The number of aliphatic hydroxyl groups excluding tert-OH is 2. The smallest absolute Gasteiger partial charge is 0.305 e.